The van der Waals surface area contributed by atoms with Crippen molar-refractivity contribution in [1.29, 1.82) is 0 Å². The molecule has 0 spiro atoms. The van der Waals surface area contributed by atoms with Crippen LogP contribution < -0.4 is 0 Å². The summed E-state index contributed by atoms with van der Waals surface area (Å²) in [5.41, 5.74) is 2.50. The smallest absolute Gasteiger partial charge is 0.159 e. The van der Waals surface area contributed by atoms with Crippen LogP contribution in [-0.2, 0) is 0 Å². The molecule has 1 aromatic rings. The molecule has 0 fully saturated rings. The first-order valence-corrected chi connectivity index (χ1v) is 3.73. The molecule has 0 amide bonds. The van der Waals surface area contributed by atoms with Crippen LogP contribution >= 0.6 is 0 Å². The van der Waals surface area contributed by atoms with E-state index in [1.165, 1.54) is 6.92 Å². The van der Waals surface area contributed by atoms with Gasteiger partial charge in [0.05, 0.1) is 5.69 Å². The highest BCUT2D eigenvalue weighted by atomic mass is 16.1. The molecule has 12 heavy (non-hydrogen) atoms. The first-order valence-electron chi connectivity index (χ1n) is 3.73. The normalized spacial score (nSPS) is 9.50. The largest absolute Gasteiger partial charge is 0.295 e. The molecule has 0 saturated carbocycles. The van der Waals surface area contributed by atoms with Crippen molar-refractivity contribution in [3.8, 4) is 0 Å². The zero-order valence-electron chi connectivity index (χ0n) is 7.29. The van der Waals surface area contributed by atoms with Crippen LogP contribution in [0.25, 0.3) is 0 Å². The van der Waals surface area contributed by atoms with E-state index in [-0.39, 0.29) is 5.78 Å². The van der Waals surface area contributed by atoms with Crippen molar-refractivity contribution in [2.45, 2.75) is 13.8 Å². The molecule has 0 radical (unpaired) electrons. The standard InChI is InChI=1S/C10H11NO/c1-7-4-5-9(8(2)12)6-10(7)11-3/h4-6H,3H2,1-2H3. The number of aliphatic imine (C=N–C) groups is 1. The van der Waals surface area contributed by atoms with Gasteiger partial charge in [-0.3, -0.25) is 9.79 Å². The van der Waals surface area contributed by atoms with Gasteiger partial charge in [0.25, 0.3) is 0 Å². The molecular weight excluding hydrogens is 150 g/mol. The average molecular weight is 161 g/mol. The van der Waals surface area contributed by atoms with Gasteiger partial charge in [-0.25, -0.2) is 0 Å². The third kappa shape index (κ3) is 1.59. The van der Waals surface area contributed by atoms with Gasteiger partial charge < -0.3 is 0 Å². The van der Waals surface area contributed by atoms with Gasteiger partial charge >= 0.3 is 0 Å². The molecule has 0 aliphatic carbocycles. The van der Waals surface area contributed by atoms with E-state index in [1.807, 2.05) is 13.0 Å². The van der Waals surface area contributed by atoms with Crippen LogP contribution in [0.15, 0.2) is 23.2 Å². The fourth-order valence-corrected chi connectivity index (χ4v) is 0.999. The minimum absolute atomic E-state index is 0.0555. The number of hydrogen-bond donors (Lipinski definition) is 0. The van der Waals surface area contributed by atoms with Gasteiger partial charge in [0.1, 0.15) is 0 Å². The van der Waals surface area contributed by atoms with E-state index in [0.29, 0.717) is 5.56 Å². The van der Waals surface area contributed by atoms with Gasteiger partial charge in [-0.15, -0.1) is 0 Å². The summed E-state index contributed by atoms with van der Waals surface area (Å²) in [6.45, 7) is 6.91. The van der Waals surface area contributed by atoms with E-state index in [2.05, 4.69) is 11.7 Å². The number of rotatable bonds is 2. The predicted octanol–water partition coefficient (Wildman–Crippen LogP) is 2.53. The molecule has 1 rings (SSSR count). The van der Waals surface area contributed by atoms with Crippen LogP contribution in [0.2, 0.25) is 0 Å². The number of benzene rings is 1. The zero-order valence-corrected chi connectivity index (χ0v) is 7.29. The van der Waals surface area contributed by atoms with Crippen molar-refractivity contribution >= 4 is 18.2 Å². The van der Waals surface area contributed by atoms with Crippen LogP contribution in [-0.4, -0.2) is 12.5 Å². The quantitative estimate of drug-likeness (QED) is 0.484. The summed E-state index contributed by atoms with van der Waals surface area (Å²) in [5, 5.41) is 0. The van der Waals surface area contributed by atoms with Gasteiger partial charge in [0, 0.05) is 5.56 Å². The number of nitrogens with zero attached hydrogens (tertiary/aromatic N) is 1. The molecule has 62 valence electrons. The Morgan fingerprint density at radius 1 is 1.50 bits per heavy atom. The second kappa shape index (κ2) is 3.30. The number of ketones is 1. The van der Waals surface area contributed by atoms with Crippen molar-refractivity contribution < 1.29 is 4.79 Å². The van der Waals surface area contributed by atoms with Gasteiger partial charge in [-0.1, -0.05) is 12.1 Å². The molecule has 0 heterocycles. The third-order valence-corrected chi connectivity index (χ3v) is 1.79. The topological polar surface area (TPSA) is 29.4 Å². The summed E-state index contributed by atoms with van der Waals surface area (Å²) in [6.07, 6.45) is 0. The maximum Gasteiger partial charge on any atom is 0.159 e. The van der Waals surface area contributed by atoms with Crippen LogP contribution in [0, 0.1) is 6.92 Å². The molecule has 0 aliphatic heterocycles. The van der Waals surface area contributed by atoms with E-state index in [9.17, 15) is 4.79 Å². The minimum atomic E-state index is 0.0555. The van der Waals surface area contributed by atoms with E-state index in [4.69, 9.17) is 0 Å². The lowest BCUT2D eigenvalue weighted by Gasteiger charge is -2.00. The Morgan fingerprint density at radius 2 is 2.17 bits per heavy atom. The number of Topliss-reactive ketones (excluding diaryl/α,β-unsaturated/α-hetero) is 1. The van der Waals surface area contributed by atoms with E-state index in [0.717, 1.165) is 11.3 Å². The molecular formula is C10H11NO. The summed E-state index contributed by atoms with van der Waals surface area (Å²) in [5.74, 6) is 0.0555. The Labute approximate surface area is 71.9 Å². The van der Waals surface area contributed by atoms with Crippen molar-refractivity contribution in [2.24, 2.45) is 4.99 Å². The maximum absolute atomic E-state index is 11.0. The molecule has 0 N–H and O–H groups in total. The molecule has 0 aromatic heterocycles. The fourth-order valence-electron chi connectivity index (χ4n) is 0.999. The summed E-state index contributed by atoms with van der Waals surface area (Å²) < 4.78 is 0. The SMILES string of the molecule is C=Nc1cc(C(C)=O)ccc1C. The number of aryl methyl sites for hydroxylation is 1. The van der Waals surface area contributed by atoms with Gasteiger partial charge in [-0.2, -0.15) is 0 Å². The van der Waals surface area contributed by atoms with Gasteiger partial charge in [0.15, 0.2) is 5.78 Å². The Morgan fingerprint density at radius 3 is 2.67 bits per heavy atom. The highest BCUT2D eigenvalue weighted by Gasteiger charge is 2.01. The minimum Gasteiger partial charge on any atom is -0.295 e. The molecule has 0 bridgehead atoms. The molecule has 2 heteroatoms. The summed E-state index contributed by atoms with van der Waals surface area (Å²) in [4.78, 5) is 14.8. The Kier molecular flexibility index (Phi) is 2.38. The lowest BCUT2D eigenvalue weighted by Crippen LogP contribution is -1.91. The summed E-state index contributed by atoms with van der Waals surface area (Å²) >= 11 is 0. The van der Waals surface area contributed by atoms with Crippen LogP contribution in [0.5, 0.6) is 0 Å². The molecule has 0 unspecified atom stereocenters. The summed E-state index contributed by atoms with van der Waals surface area (Å²) in [6, 6.07) is 5.43. The van der Waals surface area contributed by atoms with Crippen LogP contribution in [0.4, 0.5) is 5.69 Å². The average Bonchev–Trinajstić information content (AvgIpc) is 2.05. The molecule has 0 saturated heterocycles. The fraction of sp³-hybridized carbons (Fsp3) is 0.200. The van der Waals surface area contributed by atoms with Crippen molar-refractivity contribution in [1.82, 2.24) is 0 Å². The second-order valence-electron chi connectivity index (χ2n) is 2.72. The van der Waals surface area contributed by atoms with Crippen LogP contribution in [0.3, 0.4) is 0 Å². The predicted molar refractivity (Wildman–Crippen MR) is 50.4 cm³/mol. The lowest BCUT2D eigenvalue weighted by molar-refractivity contribution is 0.101. The highest BCUT2D eigenvalue weighted by molar-refractivity contribution is 5.95. The Hall–Kier alpha value is -1.44. The van der Waals surface area contributed by atoms with E-state index in [1.54, 1.807) is 12.1 Å². The number of carbonyl (C=O) groups excluding carboxylic acids is 1. The third-order valence-electron chi connectivity index (χ3n) is 1.79. The second-order valence-corrected chi connectivity index (χ2v) is 2.72. The molecule has 0 atom stereocenters. The Bertz CT molecular complexity index is 329. The highest BCUT2D eigenvalue weighted by Crippen LogP contribution is 2.19. The molecule has 2 nitrogen and oxygen atoms in total. The van der Waals surface area contributed by atoms with E-state index < -0.39 is 0 Å². The number of hydrogen-bond acceptors (Lipinski definition) is 2. The molecule has 0 aliphatic rings. The number of carbonyl (C=O) groups is 1. The monoisotopic (exact) mass is 161 g/mol. The van der Waals surface area contributed by atoms with Crippen LogP contribution in [0.1, 0.15) is 22.8 Å². The Balaban J connectivity index is 3.22. The maximum atomic E-state index is 11.0. The van der Waals surface area contributed by atoms with Crippen molar-refractivity contribution in [2.75, 3.05) is 0 Å². The zero-order chi connectivity index (χ0) is 9.14. The van der Waals surface area contributed by atoms with E-state index >= 15 is 0 Å². The van der Waals surface area contributed by atoms with Crippen molar-refractivity contribution in [3.05, 3.63) is 29.3 Å². The lowest BCUT2D eigenvalue weighted by atomic mass is 10.1. The first kappa shape index (κ1) is 8.65. The molecule has 1 aromatic carbocycles. The first-order chi connectivity index (χ1) is 5.65. The van der Waals surface area contributed by atoms with Gasteiger partial charge in [-0.05, 0) is 32.2 Å². The van der Waals surface area contributed by atoms with Gasteiger partial charge in [0.2, 0.25) is 0 Å². The van der Waals surface area contributed by atoms with Crippen molar-refractivity contribution in [3.63, 3.8) is 0 Å². The summed E-state index contributed by atoms with van der Waals surface area (Å²) in [7, 11) is 0.